The molecule has 2 aliphatic rings. The Morgan fingerprint density at radius 3 is 2.73 bits per heavy atom. The lowest BCUT2D eigenvalue weighted by Gasteiger charge is -2.18. The zero-order valence-corrected chi connectivity index (χ0v) is 10.1. The molecule has 0 aromatic rings. The summed E-state index contributed by atoms with van der Waals surface area (Å²) in [5.41, 5.74) is 5.90. The first-order valence-electron chi connectivity index (χ1n) is 5.75. The summed E-state index contributed by atoms with van der Waals surface area (Å²) in [6.07, 6.45) is 7.69. The van der Waals surface area contributed by atoms with Gasteiger partial charge < -0.3 is 11.1 Å². The maximum Gasteiger partial charge on any atom is 0.224 e. The van der Waals surface area contributed by atoms with Crippen LogP contribution in [0.25, 0.3) is 0 Å². The van der Waals surface area contributed by atoms with Gasteiger partial charge in [0, 0.05) is 17.3 Å². The van der Waals surface area contributed by atoms with Gasteiger partial charge in [0.15, 0.2) is 0 Å². The first-order valence-corrected chi connectivity index (χ1v) is 6.98. The molecule has 0 spiro atoms. The largest absolute Gasteiger partial charge is 0.354 e. The molecule has 15 heavy (non-hydrogen) atoms. The van der Waals surface area contributed by atoms with Gasteiger partial charge in [-0.2, -0.15) is 11.8 Å². The molecule has 3 nitrogen and oxygen atoms in total. The first kappa shape index (κ1) is 11.3. The van der Waals surface area contributed by atoms with E-state index in [9.17, 15) is 4.79 Å². The summed E-state index contributed by atoms with van der Waals surface area (Å²) < 4.78 is 0.359. The van der Waals surface area contributed by atoms with E-state index in [1.165, 1.54) is 12.8 Å². The summed E-state index contributed by atoms with van der Waals surface area (Å²) in [6.45, 7) is 0.830. The van der Waals surface area contributed by atoms with E-state index < -0.39 is 0 Å². The van der Waals surface area contributed by atoms with E-state index in [4.69, 9.17) is 5.73 Å². The van der Waals surface area contributed by atoms with Gasteiger partial charge in [-0.3, -0.25) is 4.79 Å². The second kappa shape index (κ2) is 4.34. The molecule has 0 aromatic heterocycles. The SMILES string of the molecule is CSC1(CNC(=O)C2CCCC2N)CC1. The van der Waals surface area contributed by atoms with Gasteiger partial charge in [-0.25, -0.2) is 0 Å². The summed E-state index contributed by atoms with van der Waals surface area (Å²) >= 11 is 1.88. The molecule has 2 atom stereocenters. The Kier molecular flexibility index (Phi) is 3.26. The Hall–Kier alpha value is -0.220. The highest BCUT2D eigenvalue weighted by atomic mass is 32.2. The van der Waals surface area contributed by atoms with Crippen LogP contribution in [0.2, 0.25) is 0 Å². The van der Waals surface area contributed by atoms with Crippen molar-refractivity contribution in [1.29, 1.82) is 0 Å². The fraction of sp³-hybridized carbons (Fsp3) is 0.909. The van der Waals surface area contributed by atoms with Crippen LogP contribution in [0.5, 0.6) is 0 Å². The van der Waals surface area contributed by atoms with Crippen molar-refractivity contribution in [3.8, 4) is 0 Å². The smallest absolute Gasteiger partial charge is 0.224 e. The number of amides is 1. The van der Waals surface area contributed by atoms with Gasteiger partial charge in [0.05, 0.1) is 5.92 Å². The van der Waals surface area contributed by atoms with Gasteiger partial charge in [-0.15, -0.1) is 0 Å². The zero-order valence-electron chi connectivity index (χ0n) is 9.29. The molecule has 2 aliphatic carbocycles. The normalized spacial score (nSPS) is 32.7. The molecule has 2 saturated carbocycles. The Labute approximate surface area is 95.6 Å². The van der Waals surface area contributed by atoms with Crippen LogP contribution >= 0.6 is 11.8 Å². The van der Waals surface area contributed by atoms with Crippen LogP contribution in [0, 0.1) is 5.92 Å². The number of nitrogens with one attached hydrogen (secondary N) is 1. The van der Waals surface area contributed by atoms with Crippen LogP contribution in [0.1, 0.15) is 32.1 Å². The molecular formula is C11H20N2OS. The molecule has 1 amide bonds. The highest BCUT2D eigenvalue weighted by molar-refractivity contribution is 8.00. The van der Waals surface area contributed by atoms with Crippen molar-refractivity contribution in [2.45, 2.75) is 42.9 Å². The summed E-state index contributed by atoms with van der Waals surface area (Å²) in [4.78, 5) is 11.8. The van der Waals surface area contributed by atoms with Gasteiger partial charge in [0.25, 0.3) is 0 Å². The monoisotopic (exact) mass is 228 g/mol. The standard InChI is InChI=1S/C11H20N2OS/c1-15-11(5-6-11)7-13-10(14)8-3-2-4-9(8)12/h8-9H,2-7,12H2,1H3,(H,13,14). The topological polar surface area (TPSA) is 55.1 Å². The molecule has 0 heterocycles. The summed E-state index contributed by atoms with van der Waals surface area (Å²) in [7, 11) is 0. The van der Waals surface area contributed by atoms with Crippen LogP contribution in [-0.2, 0) is 4.79 Å². The fourth-order valence-electron chi connectivity index (χ4n) is 2.29. The molecule has 4 heteroatoms. The molecule has 0 radical (unpaired) electrons. The van der Waals surface area contributed by atoms with Gasteiger partial charge in [-0.1, -0.05) is 6.42 Å². The van der Waals surface area contributed by atoms with Crippen molar-refractivity contribution < 1.29 is 4.79 Å². The predicted molar refractivity (Wildman–Crippen MR) is 63.8 cm³/mol. The molecule has 2 unspecified atom stereocenters. The Balaban J connectivity index is 1.77. The highest BCUT2D eigenvalue weighted by Crippen LogP contribution is 2.46. The van der Waals surface area contributed by atoms with Gasteiger partial charge >= 0.3 is 0 Å². The van der Waals surface area contributed by atoms with Crippen molar-refractivity contribution in [3.05, 3.63) is 0 Å². The lowest BCUT2D eigenvalue weighted by atomic mass is 10.0. The van der Waals surface area contributed by atoms with Crippen LogP contribution in [0.3, 0.4) is 0 Å². The maximum absolute atomic E-state index is 11.8. The number of hydrogen-bond donors (Lipinski definition) is 2. The lowest BCUT2D eigenvalue weighted by molar-refractivity contribution is -0.125. The zero-order chi connectivity index (χ0) is 10.9. The second-order valence-corrected chi connectivity index (χ2v) is 6.08. The van der Waals surface area contributed by atoms with Crippen molar-refractivity contribution in [2.24, 2.45) is 11.7 Å². The Morgan fingerprint density at radius 2 is 2.27 bits per heavy atom. The first-order chi connectivity index (χ1) is 7.17. The van der Waals surface area contributed by atoms with E-state index in [2.05, 4.69) is 11.6 Å². The average Bonchev–Trinajstić information content (AvgIpc) is 2.91. The number of rotatable bonds is 4. The number of carbonyl (C=O) groups is 1. The predicted octanol–water partition coefficient (Wildman–Crippen LogP) is 1.13. The van der Waals surface area contributed by atoms with E-state index in [1.807, 2.05) is 11.8 Å². The highest BCUT2D eigenvalue weighted by Gasteiger charge is 2.42. The molecule has 2 fully saturated rings. The molecule has 0 aliphatic heterocycles. The third kappa shape index (κ3) is 2.48. The number of nitrogens with two attached hydrogens (primary N) is 1. The minimum atomic E-state index is 0.0719. The lowest BCUT2D eigenvalue weighted by Crippen LogP contribution is -2.41. The average molecular weight is 228 g/mol. The van der Waals surface area contributed by atoms with E-state index in [0.29, 0.717) is 4.75 Å². The summed E-state index contributed by atoms with van der Waals surface area (Å²) in [5, 5.41) is 3.07. The van der Waals surface area contributed by atoms with E-state index in [0.717, 1.165) is 25.8 Å². The number of carbonyl (C=O) groups excluding carboxylic acids is 1. The van der Waals surface area contributed by atoms with Gasteiger partial charge in [0.2, 0.25) is 5.91 Å². The number of hydrogen-bond acceptors (Lipinski definition) is 3. The molecular weight excluding hydrogens is 208 g/mol. The molecule has 3 N–H and O–H groups in total. The molecule has 2 rings (SSSR count). The third-order valence-electron chi connectivity index (χ3n) is 3.73. The van der Waals surface area contributed by atoms with Crippen molar-refractivity contribution in [2.75, 3.05) is 12.8 Å². The van der Waals surface area contributed by atoms with Crippen molar-refractivity contribution >= 4 is 17.7 Å². The van der Waals surface area contributed by atoms with Crippen LogP contribution in [0.4, 0.5) is 0 Å². The quantitative estimate of drug-likeness (QED) is 0.758. The van der Waals surface area contributed by atoms with Crippen LogP contribution in [-0.4, -0.2) is 29.5 Å². The Bertz CT molecular complexity index is 253. The molecule has 0 aromatic carbocycles. The second-order valence-electron chi connectivity index (χ2n) is 4.81. The molecule has 0 bridgehead atoms. The van der Waals surface area contributed by atoms with Crippen LogP contribution in [0.15, 0.2) is 0 Å². The van der Waals surface area contributed by atoms with Crippen molar-refractivity contribution in [3.63, 3.8) is 0 Å². The van der Waals surface area contributed by atoms with Crippen LogP contribution < -0.4 is 11.1 Å². The molecule has 86 valence electrons. The van der Waals surface area contributed by atoms with E-state index in [-0.39, 0.29) is 17.9 Å². The fourth-order valence-corrected chi connectivity index (χ4v) is 3.01. The van der Waals surface area contributed by atoms with E-state index in [1.54, 1.807) is 0 Å². The molecule has 0 saturated heterocycles. The Morgan fingerprint density at radius 1 is 1.53 bits per heavy atom. The number of thioether (sulfide) groups is 1. The van der Waals surface area contributed by atoms with E-state index >= 15 is 0 Å². The van der Waals surface area contributed by atoms with Gasteiger partial charge in [0.1, 0.15) is 0 Å². The maximum atomic E-state index is 11.8. The van der Waals surface area contributed by atoms with Crippen molar-refractivity contribution in [1.82, 2.24) is 5.32 Å². The summed E-state index contributed by atoms with van der Waals surface area (Å²) in [5.74, 6) is 0.253. The summed E-state index contributed by atoms with van der Waals surface area (Å²) in [6, 6.07) is 0.0921. The minimum absolute atomic E-state index is 0.0719. The van der Waals surface area contributed by atoms with Gasteiger partial charge in [-0.05, 0) is 31.9 Å². The minimum Gasteiger partial charge on any atom is -0.354 e. The third-order valence-corrected chi connectivity index (χ3v) is 5.15.